The van der Waals surface area contributed by atoms with Gasteiger partial charge in [-0.2, -0.15) is 4.31 Å². The molecule has 1 unspecified atom stereocenters. The standard InChI is InChI=1S/C21H24N2O4S2/c24-19-15-18(21(25)22(19)16-9-6-3-7-10-16)23(17-11-4-1-2-5-12-17)29(26,27)20-13-8-14-28-20/h3,6-10,13-14,17-18H,1-2,4-5,11-12,15H2. The maximum atomic E-state index is 13.5. The number of carbonyl (C=O) groups is 2. The lowest BCUT2D eigenvalue weighted by Crippen LogP contribution is -2.50. The van der Waals surface area contributed by atoms with E-state index < -0.39 is 22.0 Å². The first kappa shape index (κ1) is 20.3. The molecule has 0 spiro atoms. The summed E-state index contributed by atoms with van der Waals surface area (Å²) in [5.41, 5.74) is 0.485. The van der Waals surface area contributed by atoms with E-state index in [0.29, 0.717) is 18.5 Å². The maximum absolute atomic E-state index is 13.5. The van der Waals surface area contributed by atoms with Gasteiger partial charge < -0.3 is 0 Å². The summed E-state index contributed by atoms with van der Waals surface area (Å²) < 4.78 is 28.7. The van der Waals surface area contributed by atoms with Crippen molar-refractivity contribution in [2.45, 2.75) is 61.2 Å². The first-order chi connectivity index (χ1) is 14.0. The van der Waals surface area contributed by atoms with Crippen molar-refractivity contribution >= 4 is 38.9 Å². The van der Waals surface area contributed by atoms with Gasteiger partial charge in [0.1, 0.15) is 10.3 Å². The fourth-order valence-electron chi connectivity index (χ4n) is 4.31. The van der Waals surface area contributed by atoms with Crippen LogP contribution in [0.25, 0.3) is 0 Å². The van der Waals surface area contributed by atoms with E-state index in [-0.39, 0.29) is 22.6 Å². The van der Waals surface area contributed by atoms with Gasteiger partial charge in [-0.1, -0.05) is 49.9 Å². The van der Waals surface area contributed by atoms with Crippen LogP contribution >= 0.6 is 11.3 Å². The number of nitrogens with zero attached hydrogens (tertiary/aromatic N) is 2. The van der Waals surface area contributed by atoms with Gasteiger partial charge in [0.15, 0.2) is 0 Å². The van der Waals surface area contributed by atoms with Crippen LogP contribution in [0.1, 0.15) is 44.9 Å². The topological polar surface area (TPSA) is 74.8 Å². The van der Waals surface area contributed by atoms with Crippen molar-refractivity contribution < 1.29 is 18.0 Å². The van der Waals surface area contributed by atoms with Gasteiger partial charge in [-0.05, 0) is 36.4 Å². The lowest BCUT2D eigenvalue weighted by atomic mass is 10.1. The summed E-state index contributed by atoms with van der Waals surface area (Å²) in [5.74, 6) is -0.809. The molecule has 4 rings (SSSR count). The van der Waals surface area contributed by atoms with Crippen LogP contribution in [0.4, 0.5) is 5.69 Å². The second-order valence-corrected chi connectivity index (χ2v) is 10.6. The van der Waals surface area contributed by atoms with Gasteiger partial charge in [-0.15, -0.1) is 11.3 Å². The Hall–Kier alpha value is -2.03. The number of carbonyl (C=O) groups excluding carboxylic acids is 2. The summed E-state index contributed by atoms with van der Waals surface area (Å²) in [6.45, 7) is 0. The molecule has 2 heterocycles. The summed E-state index contributed by atoms with van der Waals surface area (Å²) in [6.07, 6.45) is 5.31. The molecule has 1 atom stereocenters. The monoisotopic (exact) mass is 432 g/mol. The second-order valence-electron chi connectivity index (χ2n) is 7.54. The fourth-order valence-corrected chi connectivity index (χ4v) is 7.23. The summed E-state index contributed by atoms with van der Waals surface area (Å²) in [6, 6.07) is 10.7. The van der Waals surface area contributed by atoms with E-state index in [1.807, 2.05) is 6.07 Å². The van der Waals surface area contributed by atoms with E-state index in [0.717, 1.165) is 41.9 Å². The third-order valence-corrected chi connectivity index (χ3v) is 8.99. The highest BCUT2D eigenvalue weighted by Crippen LogP contribution is 2.35. The van der Waals surface area contributed by atoms with E-state index in [4.69, 9.17) is 0 Å². The van der Waals surface area contributed by atoms with Crippen molar-refractivity contribution in [2.24, 2.45) is 0 Å². The molecule has 6 nitrogen and oxygen atoms in total. The van der Waals surface area contributed by atoms with Crippen LogP contribution in [-0.4, -0.2) is 36.6 Å². The lowest BCUT2D eigenvalue weighted by molar-refractivity contribution is -0.122. The number of rotatable bonds is 5. The summed E-state index contributed by atoms with van der Waals surface area (Å²) in [7, 11) is -3.87. The van der Waals surface area contributed by atoms with Crippen molar-refractivity contribution in [1.29, 1.82) is 0 Å². The number of hydrogen-bond donors (Lipinski definition) is 0. The smallest absolute Gasteiger partial charge is 0.253 e. The van der Waals surface area contributed by atoms with Gasteiger partial charge in [0.25, 0.3) is 15.9 Å². The first-order valence-electron chi connectivity index (χ1n) is 9.99. The molecule has 1 aliphatic carbocycles. The normalized spacial score (nSPS) is 21.7. The number of para-hydroxylation sites is 1. The largest absolute Gasteiger partial charge is 0.274 e. The molecule has 154 valence electrons. The minimum atomic E-state index is -3.87. The zero-order valence-electron chi connectivity index (χ0n) is 16.1. The quantitative estimate of drug-likeness (QED) is 0.532. The lowest BCUT2D eigenvalue weighted by Gasteiger charge is -2.33. The van der Waals surface area contributed by atoms with Crippen LogP contribution in [0.15, 0.2) is 52.1 Å². The van der Waals surface area contributed by atoms with Crippen molar-refractivity contribution in [3.8, 4) is 0 Å². The average molecular weight is 433 g/mol. The van der Waals surface area contributed by atoms with Gasteiger partial charge in [0.05, 0.1) is 12.1 Å². The Bertz CT molecular complexity index is 965. The number of hydrogen-bond acceptors (Lipinski definition) is 5. The molecular weight excluding hydrogens is 408 g/mol. The third kappa shape index (κ3) is 3.89. The molecule has 1 saturated heterocycles. The molecule has 8 heteroatoms. The summed E-state index contributed by atoms with van der Waals surface area (Å²) in [5, 5.41) is 1.72. The van der Waals surface area contributed by atoms with Gasteiger partial charge in [0.2, 0.25) is 5.91 Å². The highest BCUT2D eigenvalue weighted by atomic mass is 32.2. The summed E-state index contributed by atoms with van der Waals surface area (Å²) in [4.78, 5) is 27.2. The summed E-state index contributed by atoms with van der Waals surface area (Å²) >= 11 is 1.15. The van der Waals surface area contributed by atoms with Crippen molar-refractivity contribution in [1.82, 2.24) is 4.31 Å². The predicted octanol–water partition coefficient (Wildman–Crippen LogP) is 3.79. The van der Waals surface area contributed by atoms with Crippen LogP contribution < -0.4 is 4.90 Å². The number of thiophene rings is 1. The Kier molecular flexibility index (Phi) is 5.85. The van der Waals surface area contributed by atoms with Gasteiger partial charge in [-0.25, -0.2) is 13.3 Å². The molecule has 1 aromatic heterocycles. The van der Waals surface area contributed by atoms with E-state index in [1.54, 1.807) is 41.8 Å². The molecular formula is C21H24N2O4S2. The van der Waals surface area contributed by atoms with E-state index >= 15 is 0 Å². The first-order valence-corrected chi connectivity index (χ1v) is 12.3. The average Bonchev–Trinajstić information content (AvgIpc) is 3.26. The minimum absolute atomic E-state index is 0.116. The Morgan fingerprint density at radius 2 is 1.62 bits per heavy atom. The van der Waals surface area contributed by atoms with Gasteiger partial charge in [0, 0.05) is 6.04 Å². The zero-order chi connectivity index (χ0) is 20.4. The van der Waals surface area contributed by atoms with Crippen LogP contribution in [-0.2, 0) is 19.6 Å². The van der Waals surface area contributed by atoms with E-state index in [2.05, 4.69) is 0 Å². The molecule has 1 aromatic carbocycles. The SMILES string of the molecule is O=C1CC(N(C2CCCCCC2)S(=O)(=O)c2cccs2)C(=O)N1c1ccccc1. The Morgan fingerprint density at radius 3 is 2.24 bits per heavy atom. The molecule has 29 heavy (non-hydrogen) atoms. The fraction of sp³-hybridized carbons (Fsp3) is 0.429. The number of sulfonamides is 1. The highest BCUT2D eigenvalue weighted by molar-refractivity contribution is 7.91. The Balaban J connectivity index is 1.73. The van der Waals surface area contributed by atoms with Crippen LogP contribution in [0.5, 0.6) is 0 Å². The molecule has 0 N–H and O–H groups in total. The number of benzene rings is 1. The number of anilines is 1. The van der Waals surface area contributed by atoms with Gasteiger partial charge >= 0.3 is 0 Å². The number of amides is 2. The van der Waals surface area contributed by atoms with Gasteiger partial charge in [-0.3, -0.25) is 9.59 Å². The predicted molar refractivity (Wildman–Crippen MR) is 112 cm³/mol. The van der Waals surface area contributed by atoms with Crippen LogP contribution in [0.2, 0.25) is 0 Å². The van der Waals surface area contributed by atoms with Crippen LogP contribution in [0.3, 0.4) is 0 Å². The molecule has 2 aliphatic rings. The highest BCUT2D eigenvalue weighted by Gasteiger charge is 2.49. The maximum Gasteiger partial charge on any atom is 0.253 e. The van der Waals surface area contributed by atoms with Crippen molar-refractivity contribution in [2.75, 3.05) is 4.90 Å². The molecule has 2 fully saturated rings. The molecule has 1 saturated carbocycles. The van der Waals surface area contributed by atoms with Crippen LogP contribution in [0, 0.1) is 0 Å². The Morgan fingerprint density at radius 1 is 0.931 bits per heavy atom. The minimum Gasteiger partial charge on any atom is -0.274 e. The molecule has 2 aromatic rings. The van der Waals surface area contributed by atoms with E-state index in [9.17, 15) is 18.0 Å². The zero-order valence-corrected chi connectivity index (χ0v) is 17.7. The Labute approximate surface area is 175 Å². The molecule has 2 amide bonds. The molecule has 0 bridgehead atoms. The molecule has 0 radical (unpaired) electrons. The third-order valence-electron chi connectivity index (χ3n) is 5.66. The van der Waals surface area contributed by atoms with Crippen molar-refractivity contribution in [3.05, 3.63) is 47.8 Å². The van der Waals surface area contributed by atoms with E-state index in [1.165, 1.54) is 4.31 Å². The molecule has 1 aliphatic heterocycles. The van der Waals surface area contributed by atoms with Crippen molar-refractivity contribution in [3.63, 3.8) is 0 Å². The second kappa shape index (κ2) is 8.38. The number of imide groups is 1.